The van der Waals surface area contributed by atoms with Gasteiger partial charge in [-0.2, -0.15) is 0 Å². The van der Waals surface area contributed by atoms with Crippen molar-refractivity contribution in [2.45, 2.75) is 32.0 Å². The second kappa shape index (κ2) is 10.9. The Kier molecular flexibility index (Phi) is 8.04. The van der Waals surface area contributed by atoms with Crippen LogP contribution < -0.4 is 16.0 Å². The van der Waals surface area contributed by atoms with E-state index in [0.717, 1.165) is 43.1 Å². The van der Waals surface area contributed by atoms with Gasteiger partial charge < -0.3 is 16.0 Å². The number of halogens is 2. The third-order valence-corrected chi connectivity index (χ3v) is 5.30. The number of piperidine rings is 1. The van der Waals surface area contributed by atoms with Crippen LogP contribution in [0.1, 0.15) is 24.0 Å². The summed E-state index contributed by atoms with van der Waals surface area (Å²) >= 11 is 5.92. The second-order valence-electron chi connectivity index (χ2n) is 7.41. The molecule has 6 nitrogen and oxygen atoms in total. The van der Waals surface area contributed by atoms with Crippen LogP contribution in [0.3, 0.4) is 0 Å². The van der Waals surface area contributed by atoms with E-state index >= 15 is 0 Å². The monoisotopic (exact) mass is 432 g/mol. The fourth-order valence-corrected chi connectivity index (χ4v) is 3.50. The topological polar surface area (TPSA) is 73.5 Å². The van der Waals surface area contributed by atoms with Gasteiger partial charge in [-0.05, 0) is 48.2 Å². The first-order valence-corrected chi connectivity index (χ1v) is 10.4. The Morgan fingerprint density at radius 1 is 0.967 bits per heavy atom. The van der Waals surface area contributed by atoms with Gasteiger partial charge in [0.1, 0.15) is 5.82 Å². The SMILES string of the molecule is O=C(CNC(=O)NCc1ccc(F)cc1)NC1CCN(Cc2ccc(Cl)cc2)CC1. The summed E-state index contributed by atoms with van der Waals surface area (Å²) in [6.45, 7) is 2.85. The molecule has 1 saturated heterocycles. The molecular formula is C22H26ClFN4O2. The van der Waals surface area contributed by atoms with Crippen LogP contribution in [0.15, 0.2) is 48.5 Å². The highest BCUT2D eigenvalue weighted by Crippen LogP contribution is 2.16. The van der Waals surface area contributed by atoms with Crippen LogP contribution in [0.25, 0.3) is 0 Å². The van der Waals surface area contributed by atoms with E-state index in [1.165, 1.54) is 17.7 Å². The van der Waals surface area contributed by atoms with Crippen LogP contribution in [0, 0.1) is 5.82 Å². The molecule has 3 rings (SSSR count). The average molecular weight is 433 g/mol. The van der Waals surface area contributed by atoms with Crippen molar-refractivity contribution >= 4 is 23.5 Å². The number of nitrogens with zero attached hydrogens (tertiary/aromatic N) is 1. The average Bonchev–Trinajstić information content (AvgIpc) is 2.75. The molecule has 0 aliphatic carbocycles. The summed E-state index contributed by atoms with van der Waals surface area (Å²) in [6.07, 6.45) is 1.74. The van der Waals surface area contributed by atoms with Gasteiger partial charge >= 0.3 is 6.03 Å². The molecule has 0 atom stereocenters. The van der Waals surface area contributed by atoms with Crippen LogP contribution in [-0.4, -0.2) is 42.5 Å². The molecule has 30 heavy (non-hydrogen) atoms. The van der Waals surface area contributed by atoms with E-state index < -0.39 is 6.03 Å². The number of hydrogen-bond acceptors (Lipinski definition) is 3. The van der Waals surface area contributed by atoms with Gasteiger partial charge in [0.05, 0.1) is 6.54 Å². The Balaban J connectivity index is 1.30. The van der Waals surface area contributed by atoms with E-state index in [2.05, 4.69) is 20.9 Å². The number of hydrogen-bond donors (Lipinski definition) is 3. The summed E-state index contributed by atoms with van der Waals surface area (Å²) in [4.78, 5) is 26.3. The summed E-state index contributed by atoms with van der Waals surface area (Å²) in [6, 6.07) is 13.4. The minimum Gasteiger partial charge on any atom is -0.352 e. The fraction of sp³-hybridized carbons (Fsp3) is 0.364. The van der Waals surface area contributed by atoms with Crippen molar-refractivity contribution in [1.82, 2.24) is 20.9 Å². The van der Waals surface area contributed by atoms with E-state index in [1.54, 1.807) is 12.1 Å². The van der Waals surface area contributed by atoms with Crippen molar-refractivity contribution in [2.24, 2.45) is 0 Å². The van der Waals surface area contributed by atoms with Gasteiger partial charge in [0.2, 0.25) is 5.91 Å². The van der Waals surface area contributed by atoms with Crippen molar-refractivity contribution in [3.63, 3.8) is 0 Å². The van der Waals surface area contributed by atoms with E-state index in [4.69, 9.17) is 11.6 Å². The molecule has 0 bridgehead atoms. The lowest BCUT2D eigenvalue weighted by molar-refractivity contribution is -0.121. The minimum atomic E-state index is -0.438. The van der Waals surface area contributed by atoms with Crippen molar-refractivity contribution in [3.05, 3.63) is 70.5 Å². The number of urea groups is 1. The normalized spacial score (nSPS) is 14.9. The molecular weight excluding hydrogens is 407 g/mol. The van der Waals surface area contributed by atoms with Crippen LogP contribution in [0.5, 0.6) is 0 Å². The molecule has 2 aromatic rings. The lowest BCUT2D eigenvalue weighted by atomic mass is 10.0. The Bertz CT molecular complexity index is 837. The Labute approximate surface area is 180 Å². The number of amides is 3. The Morgan fingerprint density at radius 3 is 2.27 bits per heavy atom. The minimum absolute atomic E-state index is 0.0831. The molecule has 1 aliphatic rings. The molecule has 1 heterocycles. The van der Waals surface area contributed by atoms with Gasteiger partial charge in [-0.1, -0.05) is 35.9 Å². The highest BCUT2D eigenvalue weighted by Gasteiger charge is 2.20. The van der Waals surface area contributed by atoms with Gasteiger partial charge in [-0.3, -0.25) is 9.69 Å². The molecule has 0 unspecified atom stereocenters. The van der Waals surface area contributed by atoms with Gasteiger partial charge in [0.25, 0.3) is 0 Å². The predicted octanol–water partition coefficient (Wildman–Crippen LogP) is 3.06. The third-order valence-electron chi connectivity index (χ3n) is 5.05. The van der Waals surface area contributed by atoms with E-state index in [-0.39, 0.29) is 30.9 Å². The summed E-state index contributed by atoms with van der Waals surface area (Å²) in [7, 11) is 0. The summed E-state index contributed by atoms with van der Waals surface area (Å²) in [5.41, 5.74) is 2.00. The van der Waals surface area contributed by atoms with Gasteiger partial charge in [0, 0.05) is 37.2 Å². The Hall–Kier alpha value is -2.64. The standard InChI is InChI=1S/C22H26ClFN4O2/c23-18-5-1-17(2-6-18)15-28-11-9-20(10-12-28)27-21(29)14-26-22(30)25-13-16-3-7-19(24)8-4-16/h1-8,20H,9-15H2,(H,27,29)(H2,25,26,30). The molecule has 3 amide bonds. The highest BCUT2D eigenvalue weighted by atomic mass is 35.5. The quantitative estimate of drug-likeness (QED) is 0.629. The number of carbonyl (C=O) groups is 2. The number of benzene rings is 2. The first-order valence-electron chi connectivity index (χ1n) is 10.0. The van der Waals surface area contributed by atoms with Crippen molar-refractivity contribution < 1.29 is 14.0 Å². The smallest absolute Gasteiger partial charge is 0.315 e. The van der Waals surface area contributed by atoms with E-state index in [9.17, 15) is 14.0 Å². The van der Waals surface area contributed by atoms with Crippen LogP contribution in [0.2, 0.25) is 5.02 Å². The molecule has 1 fully saturated rings. The zero-order valence-corrected chi connectivity index (χ0v) is 17.4. The van der Waals surface area contributed by atoms with Crippen molar-refractivity contribution in [1.29, 1.82) is 0 Å². The molecule has 0 aromatic heterocycles. The number of likely N-dealkylation sites (tertiary alicyclic amines) is 1. The zero-order valence-electron chi connectivity index (χ0n) is 16.7. The van der Waals surface area contributed by atoms with Gasteiger partial charge in [-0.25, -0.2) is 9.18 Å². The fourth-order valence-electron chi connectivity index (χ4n) is 3.37. The lowest BCUT2D eigenvalue weighted by Crippen LogP contribution is -2.48. The first kappa shape index (κ1) is 22.1. The molecule has 8 heteroatoms. The maximum Gasteiger partial charge on any atom is 0.315 e. The molecule has 2 aromatic carbocycles. The lowest BCUT2D eigenvalue weighted by Gasteiger charge is -2.32. The molecule has 160 valence electrons. The van der Waals surface area contributed by atoms with Gasteiger partial charge in [0.15, 0.2) is 0 Å². The molecule has 3 N–H and O–H groups in total. The largest absolute Gasteiger partial charge is 0.352 e. The van der Waals surface area contributed by atoms with E-state index in [1.807, 2.05) is 24.3 Å². The van der Waals surface area contributed by atoms with Crippen LogP contribution >= 0.6 is 11.6 Å². The predicted molar refractivity (Wildman–Crippen MR) is 115 cm³/mol. The summed E-state index contributed by atoms with van der Waals surface area (Å²) in [5.74, 6) is -0.529. The molecule has 0 saturated carbocycles. The second-order valence-corrected chi connectivity index (χ2v) is 7.84. The zero-order chi connectivity index (χ0) is 21.3. The highest BCUT2D eigenvalue weighted by molar-refractivity contribution is 6.30. The van der Waals surface area contributed by atoms with Crippen molar-refractivity contribution in [3.8, 4) is 0 Å². The molecule has 0 radical (unpaired) electrons. The molecule has 0 spiro atoms. The third kappa shape index (κ3) is 7.31. The maximum absolute atomic E-state index is 12.9. The number of carbonyl (C=O) groups excluding carboxylic acids is 2. The number of rotatable bonds is 7. The van der Waals surface area contributed by atoms with Crippen molar-refractivity contribution in [2.75, 3.05) is 19.6 Å². The van der Waals surface area contributed by atoms with Crippen LogP contribution in [0.4, 0.5) is 9.18 Å². The first-order chi connectivity index (χ1) is 14.5. The van der Waals surface area contributed by atoms with E-state index in [0.29, 0.717) is 0 Å². The number of nitrogens with one attached hydrogen (secondary N) is 3. The van der Waals surface area contributed by atoms with Crippen LogP contribution in [-0.2, 0) is 17.9 Å². The molecule has 1 aliphatic heterocycles. The Morgan fingerprint density at radius 2 is 1.60 bits per heavy atom. The summed E-state index contributed by atoms with van der Waals surface area (Å²) < 4.78 is 12.9. The summed E-state index contributed by atoms with van der Waals surface area (Å²) in [5, 5.41) is 8.90. The maximum atomic E-state index is 12.9. The van der Waals surface area contributed by atoms with Gasteiger partial charge in [-0.15, -0.1) is 0 Å².